The Kier molecular flexibility index (Phi) is 5.24. The van der Waals surface area contributed by atoms with Gasteiger partial charge in [-0.3, -0.25) is 0 Å². The molecule has 2 nitrogen and oxygen atoms in total. The van der Waals surface area contributed by atoms with Gasteiger partial charge in [-0.2, -0.15) is 11.8 Å². The van der Waals surface area contributed by atoms with E-state index in [1.165, 1.54) is 37.2 Å². The number of rotatable bonds is 4. The minimum Gasteiger partial charge on any atom is -0.374 e. The average molecular weight is 285 g/mol. The molecular formula is C16H31NOS. The molecule has 19 heavy (non-hydrogen) atoms. The summed E-state index contributed by atoms with van der Waals surface area (Å²) in [6, 6.07) is 0.663. The molecule has 0 aromatic rings. The normalized spacial score (nSPS) is 33.8. The maximum Gasteiger partial charge on any atom is 0.0783 e. The summed E-state index contributed by atoms with van der Waals surface area (Å²) in [7, 11) is 0. The lowest BCUT2D eigenvalue weighted by Gasteiger charge is -2.42. The van der Waals surface area contributed by atoms with Crippen molar-refractivity contribution in [3.63, 3.8) is 0 Å². The SMILES string of the molecule is CCNC(CC(C)(C)C)C1CCOC2(CCSC2)C1. The van der Waals surface area contributed by atoms with Crippen LogP contribution in [0, 0.1) is 11.3 Å². The smallest absolute Gasteiger partial charge is 0.0783 e. The fourth-order valence-electron chi connectivity index (χ4n) is 3.60. The molecule has 2 fully saturated rings. The van der Waals surface area contributed by atoms with Crippen LogP contribution in [0.3, 0.4) is 0 Å². The molecule has 2 heterocycles. The van der Waals surface area contributed by atoms with Crippen LogP contribution in [0.1, 0.15) is 53.4 Å². The van der Waals surface area contributed by atoms with E-state index in [4.69, 9.17) is 4.74 Å². The molecule has 0 aromatic heterocycles. The van der Waals surface area contributed by atoms with Crippen LogP contribution in [0.15, 0.2) is 0 Å². The van der Waals surface area contributed by atoms with Crippen molar-refractivity contribution in [3.8, 4) is 0 Å². The van der Waals surface area contributed by atoms with Gasteiger partial charge in [0, 0.05) is 18.4 Å². The van der Waals surface area contributed by atoms with Gasteiger partial charge in [0.1, 0.15) is 0 Å². The molecule has 2 aliphatic heterocycles. The van der Waals surface area contributed by atoms with E-state index in [1.807, 2.05) is 0 Å². The second kappa shape index (κ2) is 6.36. The molecule has 0 aromatic carbocycles. The molecule has 0 bridgehead atoms. The Morgan fingerprint density at radius 3 is 2.79 bits per heavy atom. The lowest BCUT2D eigenvalue weighted by molar-refractivity contribution is -0.0868. The minimum atomic E-state index is 0.221. The van der Waals surface area contributed by atoms with Crippen molar-refractivity contribution in [2.45, 2.75) is 65.0 Å². The van der Waals surface area contributed by atoms with Gasteiger partial charge < -0.3 is 10.1 Å². The maximum atomic E-state index is 6.17. The van der Waals surface area contributed by atoms with Crippen LogP contribution in [0.2, 0.25) is 0 Å². The van der Waals surface area contributed by atoms with E-state index in [0.29, 0.717) is 11.5 Å². The maximum absolute atomic E-state index is 6.17. The molecule has 1 spiro atoms. The number of thioether (sulfide) groups is 1. The predicted molar refractivity (Wildman–Crippen MR) is 84.9 cm³/mol. The van der Waals surface area contributed by atoms with E-state index in [1.54, 1.807) is 0 Å². The third-order valence-electron chi connectivity index (χ3n) is 4.47. The zero-order chi connectivity index (χ0) is 13.9. The van der Waals surface area contributed by atoms with E-state index in [9.17, 15) is 0 Å². The molecule has 3 atom stereocenters. The van der Waals surface area contributed by atoms with Crippen molar-refractivity contribution in [2.24, 2.45) is 11.3 Å². The van der Waals surface area contributed by atoms with Crippen LogP contribution in [0.4, 0.5) is 0 Å². The van der Waals surface area contributed by atoms with E-state index < -0.39 is 0 Å². The Morgan fingerprint density at radius 2 is 2.21 bits per heavy atom. The third-order valence-corrected chi connectivity index (χ3v) is 5.69. The molecule has 2 saturated heterocycles. The van der Waals surface area contributed by atoms with Crippen molar-refractivity contribution in [3.05, 3.63) is 0 Å². The molecule has 2 rings (SSSR count). The van der Waals surface area contributed by atoms with Crippen LogP contribution < -0.4 is 5.32 Å². The van der Waals surface area contributed by atoms with Crippen molar-refractivity contribution in [1.82, 2.24) is 5.32 Å². The van der Waals surface area contributed by atoms with Gasteiger partial charge >= 0.3 is 0 Å². The Balaban J connectivity index is 1.99. The molecule has 112 valence electrons. The number of ether oxygens (including phenoxy) is 1. The number of hydrogen-bond donors (Lipinski definition) is 1. The second-order valence-electron chi connectivity index (χ2n) is 7.52. The van der Waals surface area contributed by atoms with Gasteiger partial charge in [-0.25, -0.2) is 0 Å². The Bertz CT molecular complexity index is 281. The van der Waals surface area contributed by atoms with E-state index >= 15 is 0 Å². The Labute approximate surface area is 123 Å². The quantitative estimate of drug-likeness (QED) is 0.851. The van der Waals surface area contributed by atoms with Crippen molar-refractivity contribution < 1.29 is 4.74 Å². The first-order valence-electron chi connectivity index (χ1n) is 7.89. The molecule has 0 amide bonds. The predicted octanol–water partition coefficient (Wildman–Crippen LogP) is 3.70. The summed E-state index contributed by atoms with van der Waals surface area (Å²) in [4.78, 5) is 0. The third kappa shape index (κ3) is 4.37. The van der Waals surface area contributed by atoms with Crippen LogP contribution >= 0.6 is 11.8 Å². The molecule has 0 aliphatic carbocycles. The van der Waals surface area contributed by atoms with Gasteiger partial charge in [0.05, 0.1) is 5.60 Å². The first kappa shape index (κ1) is 15.7. The molecule has 0 saturated carbocycles. The fourth-order valence-corrected chi connectivity index (χ4v) is 4.98. The van der Waals surface area contributed by atoms with Crippen molar-refractivity contribution in [1.29, 1.82) is 0 Å². The largest absolute Gasteiger partial charge is 0.374 e. The summed E-state index contributed by atoms with van der Waals surface area (Å²) < 4.78 is 6.17. The van der Waals surface area contributed by atoms with Gasteiger partial charge in [-0.1, -0.05) is 27.7 Å². The summed E-state index contributed by atoms with van der Waals surface area (Å²) in [5.74, 6) is 3.31. The highest BCUT2D eigenvalue weighted by Gasteiger charge is 2.42. The highest BCUT2D eigenvalue weighted by Crippen LogP contribution is 2.42. The number of hydrogen-bond acceptors (Lipinski definition) is 3. The lowest BCUT2D eigenvalue weighted by atomic mass is 9.76. The standard InChI is InChI=1S/C16H31NOS/c1-5-17-14(11-15(2,3)4)13-6-8-18-16(10-13)7-9-19-12-16/h13-14,17H,5-12H2,1-4H3. The topological polar surface area (TPSA) is 21.3 Å². The molecular weight excluding hydrogens is 254 g/mol. The summed E-state index contributed by atoms with van der Waals surface area (Å²) in [5, 5.41) is 3.75. The monoisotopic (exact) mass is 285 g/mol. The summed E-state index contributed by atoms with van der Waals surface area (Å²) in [5.41, 5.74) is 0.627. The van der Waals surface area contributed by atoms with Crippen molar-refractivity contribution >= 4 is 11.8 Å². The highest BCUT2D eigenvalue weighted by molar-refractivity contribution is 7.99. The van der Waals surface area contributed by atoms with Crippen LogP contribution in [0.25, 0.3) is 0 Å². The van der Waals surface area contributed by atoms with Crippen LogP contribution in [-0.2, 0) is 4.74 Å². The van der Waals surface area contributed by atoms with E-state index in [0.717, 1.165) is 19.1 Å². The first-order chi connectivity index (χ1) is 8.94. The zero-order valence-electron chi connectivity index (χ0n) is 13.1. The van der Waals surface area contributed by atoms with Crippen LogP contribution in [-0.4, -0.2) is 36.3 Å². The molecule has 1 N–H and O–H groups in total. The first-order valence-corrected chi connectivity index (χ1v) is 9.05. The number of nitrogens with one attached hydrogen (secondary N) is 1. The highest BCUT2D eigenvalue weighted by atomic mass is 32.2. The van der Waals surface area contributed by atoms with E-state index in [-0.39, 0.29) is 5.60 Å². The van der Waals surface area contributed by atoms with Gasteiger partial charge in [-0.15, -0.1) is 0 Å². The zero-order valence-corrected chi connectivity index (χ0v) is 13.9. The van der Waals surface area contributed by atoms with Gasteiger partial charge in [0.15, 0.2) is 0 Å². The van der Waals surface area contributed by atoms with Crippen molar-refractivity contribution in [2.75, 3.05) is 24.7 Å². The Morgan fingerprint density at radius 1 is 1.42 bits per heavy atom. The minimum absolute atomic E-state index is 0.221. The molecule has 2 aliphatic rings. The summed E-state index contributed by atoms with van der Waals surface area (Å²) in [6.45, 7) is 11.4. The molecule has 3 unspecified atom stereocenters. The average Bonchev–Trinajstić information content (AvgIpc) is 2.75. The fraction of sp³-hybridized carbons (Fsp3) is 1.00. The van der Waals surface area contributed by atoms with Gasteiger partial charge in [0.2, 0.25) is 0 Å². The van der Waals surface area contributed by atoms with Gasteiger partial charge in [0.25, 0.3) is 0 Å². The summed E-state index contributed by atoms with van der Waals surface area (Å²) >= 11 is 2.07. The lowest BCUT2D eigenvalue weighted by Crippen LogP contribution is -2.48. The Hall–Kier alpha value is 0.270. The van der Waals surface area contributed by atoms with Gasteiger partial charge in [-0.05, 0) is 49.3 Å². The second-order valence-corrected chi connectivity index (χ2v) is 8.62. The summed E-state index contributed by atoms with van der Waals surface area (Å²) in [6.07, 6.45) is 5.05. The van der Waals surface area contributed by atoms with E-state index in [2.05, 4.69) is 44.8 Å². The molecule has 0 radical (unpaired) electrons. The van der Waals surface area contributed by atoms with Crippen LogP contribution in [0.5, 0.6) is 0 Å². The molecule has 3 heteroatoms.